The van der Waals surface area contributed by atoms with Crippen molar-refractivity contribution in [2.45, 2.75) is 172 Å². The van der Waals surface area contributed by atoms with Gasteiger partial charge >= 0.3 is 0 Å². The summed E-state index contributed by atoms with van der Waals surface area (Å²) in [5, 5.41) is 0. The Balaban J connectivity index is -0.0000000793. The summed E-state index contributed by atoms with van der Waals surface area (Å²) in [4.78, 5) is 9.44. The highest BCUT2D eigenvalue weighted by molar-refractivity contribution is 5.72. The van der Waals surface area contributed by atoms with E-state index in [-0.39, 0.29) is 5.78 Å². The summed E-state index contributed by atoms with van der Waals surface area (Å²) in [6, 6.07) is 0. The maximum Gasteiger partial charge on any atom is 0.126 e. The summed E-state index contributed by atoms with van der Waals surface area (Å²) < 4.78 is 0. The van der Waals surface area contributed by atoms with E-state index in [1.54, 1.807) is 0 Å². The van der Waals surface area contributed by atoms with E-state index in [1.807, 2.05) is 0 Å². The van der Waals surface area contributed by atoms with Crippen LogP contribution in [0.25, 0.3) is 0 Å². The van der Waals surface area contributed by atoms with Crippen LogP contribution in [0.2, 0.25) is 0 Å². The van der Waals surface area contributed by atoms with Crippen molar-refractivity contribution in [2.75, 3.05) is 0 Å². The molecule has 0 aliphatic heterocycles. The fraction of sp³-hybridized carbons (Fsp3) is 0.963. The predicted molar refractivity (Wildman–Crippen MR) is 136 cm³/mol. The number of carbonyl (C=O) groups excluding carboxylic acids is 1. The third-order valence-electron chi connectivity index (χ3n) is 3.83. The maximum atomic E-state index is 9.44. The van der Waals surface area contributed by atoms with E-state index in [9.17, 15) is 4.79 Å². The van der Waals surface area contributed by atoms with Crippen molar-refractivity contribution in [3.63, 3.8) is 0 Å². The molecule has 0 aromatic rings. The Morgan fingerprint density at radius 2 is 0.429 bits per heavy atom. The number of rotatable bonds is 12. The molecule has 0 aromatic heterocycles. The Morgan fingerprint density at radius 3 is 0.464 bits per heavy atom. The molecule has 0 rings (SSSR count). The number of Topliss-reactive ketones (excluding diaryl/α,β-unsaturated/α-hetero) is 1. The Labute approximate surface area is 182 Å². The summed E-state index contributed by atoms with van der Waals surface area (Å²) in [7, 11) is 0. The largest absolute Gasteiger partial charge is 0.300 e. The van der Waals surface area contributed by atoms with Crippen LogP contribution in [0, 0.1) is 0 Å². The average Bonchev–Trinajstić information content (AvgIpc) is 2.68. The van der Waals surface area contributed by atoms with Crippen LogP contribution in [0.3, 0.4) is 0 Å². The van der Waals surface area contributed by atoms with E-state index in [2.05, 4.69) is 55.4 Å². The Bertz CT molecular complexity index is 146. The molecule has 0 fully saturated rings. The van der Waals surface area contributed by atoms with Gasteiger partial charge in [0.2, 0.25) is 0 Å². The number of unbranched alkanes of at least 4 members (excludes halogenated alkanes) is 12. The molecule has 0 saturated carbocycles. The molecule has 1 heteroatoms. The van der Waals surface area contributed by atoms with Crippen LogP contribution < -0.4 is 0 Å². The summed E-state index contributed by atoms with van der Waals surface area (Å²) in [5.41, 5.74) is 0. The van der Waals surface area contributed by atoms with Gasteiger partial charge in [0, 0.05) is 0 Å². The van der Waals surface area contributed by atoms with Crippen molar-refractivity contribution in [2.24, 2.45) is 0 Å². The SMILES string of the molecule is CC(C)=O.CCCCCC.CCCCCC.CCCCCC.CCCCCC. The molecule has 0 heterocycles. The predicted octanol–water partition coefficient (Wildman–Crippen LogP) is 10.9. The van der Waals surface area contributed by atoms with Crippen LogP contribution in [0.1, 0.15) is 172 Å². The summed E-state index contributed by atoms with van der Waals surface area (Å²) in [5.74, 6) is 0.167. The summed E-state index contributed by atoms with van der Waals surface area (Å²) >= 11 is 0. The van der Waals surface area contributed by atoms with Gasteiger partial charge in [-0.3, -0.25) is 0 Å². The van der Waals surface area contributed by atoms with Crippen LogP contribution >= 0.6 is 0 Å². The van der Waals surface area contributed by atoms with Gasteiger partial charge in [0.1, 0.15) is 5.78 Å². The van der Waals surface area contributed by atoms with Crippen molar-refractivity contribution in [3.8, 4) is 0 Å². The molecular formula is C27H62O. The topological polar surface area (TPSA) is 17.1 Å². The zero-order valence-electron chi connectivity index (χ0n) is 22.2. The van der Waals surface area contributed by atoms with Gasteiger partial charge in [-0.25, -0.2) is 0 Å². The summed E-state index contributed by atoms with van der Waals surface area (Å²) in [6.07, 6.45) is 22.1. The van der Waals surface area contributed by atoms with E-state index in [4.69, 9.17) is 0 Å². The lowest BCUT2D eigenvalue weighted by Gasteiger charge is -1.86. The van der Waals surface area contributed by atoms with Crippen LogP contribution in [0.4, 0.5) is 0 Å². The smallest absolute Gasteiger partial charge is 0.126 e. The highest BCUT2D eigenvalue weighted by atomic mass is 16.1. The van der Waals surface area contributed by atoms with E-state index < -0.39 is 0 Å². The first-order valence-electron chi connectivity index (χ1n) is 12.9. The lowest BCUT2D eigenvalue weighted by atomic mass is 10.2. The van der Waals surface area contributed by atoms with E-state index in [0.29, 0.717) is 0 Å². The Kier molecular flexibility index (Phi) is 69.0. The summed E-state index contributed by atoms with van der Waals surface area (Å²) in [6.45, 7) is 20.9. The van der Waals surface area contributed by atoms with Crippen LogP contribution in [0.5, 0.6) is 0 Å². The molecule has 0 unspecified atom stereocenters. The molecule has 0 amide bonds. The highest BCUT2D eigenvalue weighted by Crippen LogP contribution is 1.97. The number of hydrogen-bond donors (Lipinski definition) is 0. The molecule has 1 nitrogen and oxygen atoms in total. The molecule has 0 bridgehead atoms. The minimum Gasteiger partial charge on any atom is -0.300 e. The van der Waals surface area contributed by atoms with Gasteiger partial charge in [0.05, 0.1) is 0 Å². The monoisotopic (exact) mass is 402 g/mol. The quantitative estimate of drug-likeness (QED) is 0.296. The first-order valence-corrected chi connectivity index (χ1v) is 12.9. The fourth-order valence-corrected chi connectivity index (χ4v) is 2.00. The normalized spacial score (nSPS) is 8.64. The molecule has 0 saturated heterocycles. The fourth-order valence-electron chi connectivity index (χ4n) is 2.00. The van der Waals surface area contributed by atoms with Crippen molar-refractivity contribution >= 4 is 5.78 Å². The zero-order valence-corrected chi connectivity index (χ0v) is 22.2. The van der Waals surface area contributed by atoms with Gasteiger partial charge in [-0.2, -0.15) is 0 Å². The molecule has 0 aliphatic rings. The minimum atomic E-state index is 0.167. The molecule has 0 N–H and O–H groups in total. The van der Waals surface area contributed by atoms with Crippen LogP contribution in [0.15, 0.2) is 0 Å². The third kappa shape index (κ3) is 115. The minimum absolute atomic E-state index is 0.167. The van der Waals surface area contributed by atoms with E-state index >= 15 is 0 Å². The molecular weight excluding hydrogens is 340 g/mol. The molecule has 0 aliphatic carbocycles. The highest BCUT2D eigenvalue weighted by Gasteiger charge is 1.77. The molecule has 0 radical (unpaired) electrons. The van der Waals surface area contributed by atoms with E-state index in [1.165, 1.54) is 117 Å². The average molecular weight is 403 g/mol. The first kappa shape index (κ1) is 38.3. The van der Waals surface area contributed by atoms with Crippen LogP contribution in [-0.2, 0) is 4.79 Å². The van der Waals surface area contributed by atoms with Gasteiger partial charge in [0.25, 0.3) is 0 Å². The van der Waals surface area contributed by atoms with Crippen molar-refractivity contribution < 1.29 is 4.79 Å². The molecule has 28 heavy (non-hydrogen) atoms. The second kappa shape index (κ2) is 50.4. The molecule has 0 aromatic carbocycles. The van der Waals surface area contributed by atoms with Crippen molar-refractivity contribution in [1.29, 1.82) is 0 Å². The lowest BCUT2D eigenvalue weighted by Crippen LogP contribution is -1.69. The Hall–Kier alpha value is -0.330. The van der Waals surface area contributed by atoms with Crippen molar-refractivity contribution in [3.05, 3.63) is 0 Å². The third-order valence-corrected chi connectivity index (χ3v) is 3.83. The second-order valence-corrected chi connectivity index (χ2v) is 7.74. The standard InChI is InChI=1S/4C6H14.C3H6O/c4*1-3-5-6-4-2;1-3(2)4/h4*3-6H2,1-2H3;1-2H3. The maximum absolute atomic E-state index is 9.44. The van der Waals surface area contributed by atoms with Gasteiger partial charge in [-0.15, -0.1) is 0 Å². The Morgan fingerprint density at radius 1 is 0.357 bits per heavy atom. The van der Waals surface area contributed by atoms with E-state index in [0.717, 1.165) is 0 Å². The second-order valence-electron chi connectivity index (χ2n) is 7.74. The lowest BCUT2D eigenvalue weighted by molar-refractivity contribution is -0.114. The number of carbonyl (C=O) groups is 1. The molecule has 176 valence electrons. The van der Waals surface area contributed by atoms with Crippen LogP contribution in [-0.4, -0.2) is 5.78 Å². The zero-order chi connectivity index (χ0) is 22.9. The van der Waals surface area contributed by atoms with Gasteiger partial charge in [0.15, 0.2) is 0 Å². The number of hydrogen-bond acceptors (Lipinski definition) is 1. The molecule has 0 spiro atoms. The van der Waals surface area contributed by atoms with Gasteiger partial charge < -0.3 is 4.79 Å². The van der Waals surface area contributed by atoms with Crippen molar-refractivity contribution in [1.82, 2.24) is 0 Å². The number of ketones is 1. The molecule has 0 atom stereocenters. The van der Waals surface area contributed by atoms with Gasteiger partial charge in [-0.1, -0.05) is 158 Å². The first-order chi connectivity index (χ1) is 13.4. The van der Waals surface area contributed by atoms with Gasteiger partial charge in [-0.05, 0) is 13.8 Å².